The van der Waals surface area contributed by atoms with Crippen LogP contribution in [0.2, 0.25) is 0 Å². The molecule has 0 aliphatic heterocycles. The molecule has 1 saturated carbocycles. The normalized spacial score (nSPS) is 16.1. The van der Waals surface area contributed by atoms with Gasteiger partial charge in [-0.05, 0) is 34.9 Å². The van der Waals surface area contributed by atoms with Gasteiger partial charge in [0.2, 0.25) is 0 Å². The molecule has 2 aromatic rings. The third-order valence-electron chi connectivity index (χ3n) is 3.67. The van der Waals surface area contributed by atoms with Gasteiger partial charge in [0, 0.05) is 6.42 Å². The van der Waals surface area contributed by atoms with E-state index in [1.807, 2.05) is 0 Å². The Hall–Kier alpha value is -2.31. The molecule has 7 heteroatoms. The van der Waals surface area contributed by atoms with Crippen LogP contribution in [-0.2, 0) is 17.8 Å². The van der Waals surface area contributed by atoms with E-state index >= 15 is 0 Å². The lowest BCUT2D eigenvalue weighted by atomic mass is 10.1. The van der Waals surface area contributed by atoms with Crippen molar-refractivity contribution in [2.24, 2.45) is 5.41 Å². The van der Waals surface area contributed by atoms with Crippen LogP contribution in [0.4, 0.5) is 4.39 Å². The van der Waals surface area contributed by atoms with Crippen molar-refractivity contribution in [1.82, 2.24) is 20.2 Å². The molecule has 1 aromatic carbocycles. The second kappa shape index (κ2) is 4.66. The Bertz CT molecular complexity index is 651. The molecule has 3 rings (SSSR count). The monoisotopic (exact) mass is 276 g/mol. The SMILES string of the molecule is O=C(O)C1(Cn2nnnc2Cc2ccccc2F)CC1. The zero-order valence-electron chi connectivity index (χ0n) is 10.7. The lowest BCUT2D eigenvalue weighted by Gasteiger charge is -2.10. The predicted octanol–water partition coefficient (Wildman–Crippen LogP) is 1.27. The Labute approximate surface area is 114 Å². The number of rotatable bonds is 5. The fraction of sp³-hybridized carbons (Fsp3) is 0.385. The topological polar surface area (TPSA) is 80.9 Å². The van der Waals surface area contributed by atoms with E-state index < -0.39 is 11.4 Å². The van der Waals surface area contributed by atoms with Gasteiger partial charge >= 0.3 is 5.97 Å². The zero-order chi connectivity index (χ0) is 14.2. The number of hydrogen-bond acceptors (Lipinski definition) is 4. The molecule has 104 valence electrons. The number of nitrogens with zero attached hydrogens (tertiary/aromatic N) is 4. The first-order chi connectivity index (χ1) is 9.61. The maximum absolute atomic E-state index is 13.6. The summed E-state index contributed by atoms with van der Waals surface area (Å²) >= 11 is 0. The molecule has 0 saturated heterocycles. The second-order valence-electron chi connectivity index (χ2n) is 5.11. The molecule has 1 aliphatic rings. The fourth-order valence-electron chi connectivity index (χ4n) is 2.16. The zero-order valence-corrected chi connectivity index (χ0v) is 10.7. The van der Waals surface area contributed by atoms with Crippen molar-refractivity contribution >= 4 is 5.97 Å². The molecule has 0 spiro atoms. The summed E-state index contributed by atoms with van der Waals surface area (Å²) in [4.78, 5) is 11.2. The Kier molecular flexibility index (Phi) is 2.96. The van der Waals surface area contributed by atoms with Crippen molar-refractivity contribution in [3.63, 3.8) is 0 Å². The molecular weight excluding hydrogens is 263 g/mol. The summed E-state index contributed by atoms with van der Waals surface area (Å²) < 4.78 is 15.1. The van der Waals surface area contributed by atoms with Crippen molar-refractivity contribution in [3.8, 4) is 0 Å². The summed E-state index contributed by atoms with van der Waals surface area (Å²) in [5, 5.41) is 20.4. The number of aromatic nitrogens is 4. The van der Waals surface area contributed by atoms with Crippen molar-refractivity contribution in [1.29, 1.82) is 0 Å². The molecule has 6 nitrogen and oxygen atoms in total. The van der Waals surface area contributed by atoms with Gasteiger partial charge in [0.15, 0.2) is 5.82 Å². The summed E-state index contributed by atoms with van der Waals surface area (Å²) in [6.45, 7) is 0.235. The summed E-state index contributed by atoms with van der Waals surface area (Å²) in [6.07, 6.45) is 1.50. The number of halogens is 1. The van der Waals surface area contributed by atoms with Gasteiger partial charge in [-0.15, -0.1) is 5.10 Å². The number of aliphatic carboxylic acids is 1. The quantitative estimate of drug-likeness (QED) is 0.889. The van der Waals surface area contributed by atoms with Crippen LogP contribution in [-0.4, -0.2) is 31.3 Å². The van der Waals surface area contributed by atoms with Gasteiger partial charge in [0.05, 0.1) is 12.0 Å². The number of tetrazole rings is 1. The number of benzene rings is 1. The van der Waals surface area contributed by atoms with Crippen molar-refractivity contribution in [2.45, 2.75) is 25.8 Å². The maximum Gasteiger partial charge on any atom is 0.311 e. The van der Waals surface area contributed by atoms with Crippen LogP contribution in [0.5, 0.6) is 0 Å². The van der Waals surface area contributed by atoms with Crippen molar-refractivity contribution < 1.29 is 14.3 Å². The van der Waals surface area contributed by atoms with Gasteiger partial charge in [-0.1, -0.05) is 18.2 Å². The molecule has 0 amide bonds. The molecule has 20 heavy (non-hydrogen) atoms. The first kappa shape index (κ1) is 12.7. The maximum atomic E-state index is 13.6. The van der Waals surface area contributed by atoms with Crippen LogP contribution in [0.1, 0.15) is 24.2 Å². The van der Waals surface area contributed by atoms with E-state index in [-0.39, 0.29) is 18.8 Å². The van der Waals surface area contributed by atoms with E-state index in [2.05, 4.69) is 15.5 Å². The summed E-state index contributed by atoms with van der Waals surface area (Å²) in [6, 6.07) is 6.40. The van der Waals surface area contributed by atoms with E-state index in [1.54, 1.807) is 18.2 Å². The second-order valence-corrected chi connectivity index (χ2v) is 5.11. The largest absolute Gasteiger partial charge is 0.481 e. The Balaban J connectivity index is 1.81. The lowest BCUT2D eigenvalue weighted by molar-refractivity contribution is -0.144. The van der Waals surface area contributed by atoms with Crippen LogP contribution >= 0.6 is 0 Å². The first-order valence-corrected chi connectivity index (χ1v) is 6.33. The Morgan fingerprint density at radius 3 is 2.80 bits per heavy atom. The molecule has 1 heterocycles. The molecule has 1 aromatic heterocycles. The molecule has 1 aliphatic carbocycles. The molecule has 0 bridgehead atoms. The van der Waals surface area contributed by atoms with Crippen molar-refractivity contribution in [3.05, 3.63) is 41.5 Å². The summed E-state index contributed by atoms with van der Waals surface area (Å²) in [7, 11) is 0. The van der Waals surface area contributed by atoms with E-state index in [4.69, 9.17) is 0 Å². The van der Waals surface area contributed by atoms with E-state index in [0.717, 1.165) is 0 Å². The van der Waals surface area contributed by atoms with Crippen molar-refractivity contribution in [2.75, 3.05) is 0 Å². The highest BCUT2D eigenvalue weighted by molar-refractivity contribution is 5.77. The average molecular weight is 276 g/mol. The fourth-order valence-corrected chi connectivity index (χ4v) is 2.16. The number of carbonyl (C=O) groups is 1. The molecule has 1 N–H and O–H groups in total. The van der Waals surface area contributed by atoms with Gasteiger partial charge < -0.3 is 5.11 Å². The highest BCUT2D eigenvalue weighted by Gasteiger charge is 2.51. The van der Waals surface area contributed by atoms with Crippen LogP contribution in [0.3, 0.4) is 0 Å². The first-order valence-electron chi connectivity index (χ1n) is 6.33. The molecule has 0 unspecified atom stereocenters. The van der Waals surface area contributed by atoms with Gasteiger partial charge in [-0.3, -0.25) is 4.79 Å². The summed E-state index contributed by atoms with van der Waals surface area (Å²) in [5.41, 5.74) is -0.261. The third-order valence-corrected chi connectivity index (χ3v) is 3.67. The Morgan fingerprint density at radius 2 is 2.15 bits per heavy atom. The average Bonchev–Trinajstić information content (AvgIpc) is 3.08. The van der Waals surface area contributed by atoms with E-state index in [0.29, 0.717) is 24.2 Å². The minimum absolute atomic E-state index is 0.235. The molecule has 1 fully saturated rings. The van der Waals surface area contributed by atoms with Gasteiger partial charge in [-0.2, -0.15) is 0 Å². The number of hydrogen-bond donors (Lipinski definition) is 1. The highest BCUT2D eigenvalue weighted by Crippen LogP contribution is 2.47. The minimum Gasteiger partial charge on any atom is -0.481 e. The number of carboxylic acids is 1. The van der Waals surface area contributed by atoms with E-state index in [1.165, 1.54) is 10.7 Å². The van der Waals surface area contributed by atoms with Gasteiger partial charge in [-0.25, -0.2) is 9.07 Å². The molecule has 0 radical (unpaired) electrons. The molecular formula is C13H13FN4O2. The van der Waals surface area contributed by atoms with Gasteiger partial charge in [0.25, 0.3) is 0 Å². The highest BCUT2D eigenvalue weighted by atomic mass is 19.1. The smallest absolute Gasteiger partial charge is 0.311 e. The van der Waals surface area contributed by atoms with Gasteiger partial charge in [0.1, 0.15) is 5.82 Å². The lowest BCUT2D eigenvalue weighted by Crippen LogP contribution is -2.23. The third kappa shape index (κ3) is 2.26. The predicted molar refractivity (Wildman–Crippen MR) is 66.3 cm³/mol. The van der Waals surface area contributed by atoms with E-state index in [9.17, 15) is 14.3 Å². The Morgan fingerprint density at radius 1 is 1.40 bits per heavy atom. The van der Waals surface area contributed by atoms with Crippen LogP contribution < -0.4 is 0 Å². The standard InChI is InChI=1S/C13H13FN4O2/c14-10-4-2-1-3-9(10)7-11-15-16-17-18(11)8-13(5-6-13)12(19)20/h1-4H,5-8H2,(H,19,20). The molecule has 0 atom stereocenters. The van der Waals surface area contributed by atoms with Crippen LogP contribution in [0, 0.1) is 11.2 Å². The minimum atomic E-state index is -0.829. The van der Waals surface area contributed by atoms with Crippen LogP contribution in [0.15, 0.2) is 24.3 Å². The summed E-state index contributed by atoms with van der Waals surface area (Å²) in [5.74, 6) is -0.672. The number of carboxylic acid groups (broad SMARTS) is 1. The van der Waals surface area contributed by atoms with Crippen LogP contribution in [0.25, 0.3) is 0 Å².